The SMILES string of the molecule is COc1ncc(CN2CCC[C@H](c3cc(N)n4nc(C)cc4n3)C2)cn1. The minimum atomic E-state index is 0.366. The van der Waals surface area contributed by atoms with Gasteiger partial charge in [-0.05, 0) is 26.3 Å². The quantitative estimate of drug-likeness (QED) is 0.764. The van der Waals surface area contributed by atoms with E-state index in [1.807, 2.05) is 31.5 Å². The van der Waals surface area contributed by atoms with Crippen LogP contribution < -0.4 is 10.5 Å². The predicted octanol–water partition coefficient (Wildman–Crippen LogP) is 1.80. The highest BCUT2D eigenvalue weighted by Crippen LogP contribution is 2.28. The fraction of sp³-hybridized carbons (Fsp3) is 0.444. The van der Waals surface area contributed by atoms with E-state index in [1.54, 1.807) is 11.6 Å². The molecule has 1 saturated heterocycles. The lowest BCUT2D eigenvalue weighted by molar-refractivity contribution is 0.198. The number of ether oxygens (including phenoxy) is 1. The van der Waals surface area contributed by atoms with Gasteiger partial charge in [0, 0.05) is 49.1 Å². The largest absolute Gasteiger partial charge is 0.467 e. The van der Waals surface area contributed by atoms with Gasteiger partial charge in [0.05, 0.1) is 18.5 Å². The number of likely N-dealkylation sites (tertiary alicyclic amines) is 1. The Balaban J connectivity index is 1.51. The van der Waals surface area contributed by atoms with Gasteiger partial charge in [-0.25, -0.2) is 15.0 Å². The maximum absolute atomic E-state index is 6.18. The molecule has 4 heterocycles. The fourth-order valence-electron chi connectivity index (χ4n) is 3.57. The number of piperidine rings is 1. The summed E-state index contributed by atoms with van der Waals surface area (Å²) in [7, 11) is 1.57. The van der Waals surface area contributed by atoms with E-state index in [0.29, 0.717) is 17.7 Å². The van der Waals surface area contributed by atoms with Crippen molar-refractivity contribution in [3.63, 3.8) is 0 Å². The number of nitrogens with zero attached hydrogens (tertiary/aromatic N) is 6. The zero-order chi connectivity index (χ0) is 18.1. The lowest BCUT2D eigenvalue weighted by atomic mass is 9.94. The van der Waals surface area contributed by atoms with Gasteiger partial charge >= 0.3 is 6.01 Å². The summed E-state index contributed by atoms with van der Waals surface area (Å²) < 4.78 is 6.72. The number of anilines is 1. The van der Waals surface area contributed by atoms with Crippen LogP contribution in [0.3, 0.4) is 0 Å². The van der Waals surface area contributed by atoms with Gasteiger partial charge in [0.2, 0.25) is 0 Å². The smallest absolute Gasteiger partial charge is 0.316 e. The first-order valence-electron chi connectivity index (χ1n) is 8.82. The molecule has 3 aromatic rings. The molecule has 0 saturated carbocycles. The Morgan fingerprint density at radius 3 is 2.85 bits per heavy atom. The van der Waals surface area contributed by atoms with Crippen LogP contribution in [0.4, 0.5) is 5.82 Å². The highest BCUT2D eigenvalue weighted by Gasteiger charge is 2.23. The Morgan fingerprint density at radius 2 is 2.08 bits per heavy atom. The molecular weight excluding hydrogens is 330 g/mol. The van der Waals surface area contributed by atoms with Crippen molar-refractivity contribution < 1.29 is 4.74 Å². The zero-order valence-corrected chi connectivity index (χ0v) is 15.1. The van der Waals surface area contributed by atoms with E-state index in [9.17, 15) is 0 Å². The Hall–Kier alpha value is -2.74. The molecule has 4 rings (SSSR count). The highest BCUT2D eigenvalue weighted by atomic mass is 16.5. The predicted molar refractivity (Wildman–Crippen MR) is 98.0 cm³/mol. The lowest BCUT2D eigenvalue weighted by Crippen LogP contribution is -2.34. The van der Waals surface area contributed by atoms with Gasteiger partial charge in [-0.1, -0.05) is 0 Å². The molecule has 1 aliphatic heterocycles. The molecule has 136 valence electrons. The van der Waals surface area contributed by atoms with Gasteiger partial charge in [-0.2, -0.15) is 9.61 Å². The highest BCUT2D eigenvalue weighted by molar-refractivity contribution is 5.48. The van der Waals surface area contributed by atoms with E-state index in [0.717, 1.165) is 55.1 Å². The van der Waals surface area contributed by atoms with Gasteiger partial charge in [0.25, 0.3) is 0 Å². The lowest BCUT2D eigenvalue weighted by Gasteiger charge is -2.32. The summed E-state index contributed by atoms with van der Waals surface area (Å²) in [5, 5.41) is 4.38. The minimum Gasteiger partial charge on any atom is -0.467 e. The van der Waals surface area contributed by atoms with Crippen molar-refractivity contribution in [1.29, 1.82) is 0 Å². The standard InChI is InChI=1S/C18H23N7O/c1-12-6-17-22-15(7-16(19)25(17)23-12)14-4-3-5-24(11-14)10-13-8-20-18(26-2)21-9-13/h6-9,14H,3-5,10-11,19H2,1-2H3/t14-/m0/s1. The molecule has 26 heavy (non-hydrogen) atoms. The molecule has 1 aliphatic rings. The fourth-order valence-corrected chi connectivity index (χ4v) is 3.57. The molecule has 0 amide bonds. The van der Waals surface area contributed by atoms with E-state index >= 15 is 0 Å². The number of aromatic nitrogens is 5. The van der Waals surface area contributed by atoms with Crippen LogP contribution in [0, 0.1) is 6.92 Å². The molecule has 8 nitrogen and oxygen atoms in total. The maximum atomic E-state index is 6.18. The Morgan fingerprint density at radius 1 is 1.27 bits per heavy atom. The molecule has 0 spiro atoms. The molecule has 1 fully saturated rings. The van der Waals surface area contributed by atoms with Gasteiger partial charge in [-0.15, -0.1) is 0 Å². The Bertz CT molecular complexity index is 906. The van der Waals surface area contributed by atoms with Crippen LogP contribution in [-0.2, 0) is 6.54 Å². The van der Waals surface area contributed by atoms with Crippen LogP contribution in [0.2, 0.25) is 0 Å². The average Bonchev–Trinajstić information content (AvgIpc) is 3.03. The molecule has 2 N–H and O–H groups in total. The summed E-state index contributed by atoms with van der Waals surface area (Å²) in [5.74, 6) is 1.00. The molecule has 0 aliphatic carbocycles. The number of methoxy groups -OCH3 is 1. The minimum absolute atomic E-state index is 0.366. The third-order valence-corrected chi connectivity index (χ3v) is 4.79. The van der Waals surface area contributed by atoms with Crippen molar-refractivity contribution in [1.82, 2.24) is 29.5 Å². The molecule has 0 aromatic carbocycles. The van der Waals surface area contributed by atoms with Crippen molar-refractivity contribution in [3.8, 4) is 6.01 Å². The summed E-state index contributed by atoms with van der Waals surface area (Å²) >= 11 is 0. The normalized spacial score (nSPS) is 18.3. The monoisotopic (exact) mass is 353 g/mol. The molecule has 0 unspecified atom stereocenters. The summed E-state index contributed by atoms with van der Waals surface area (Å²) in [6.45, 7) is 4.78. The number of nitrogen functional groups attached to an aromatic ring is 1. The second kappa shape index (κ2) is 6.87. The van der Waals surface area contributed by atoms with E-state index < -0.39 is 0 Å². The van der Waals surface area contributed by atoms with Gasteiger partial charge < -0.3 is 10.5 Å². The number of aryl methyl sites for hydroxylation is 1. The first-order valence-corrected chi connectivity index (χ1v) is 8.82. The van der Waals surface area contributed by atoms with E-state index in [-0.39, 0.29) is 0 Å². The maximum Gasteiger partial charge on any atom is 0.316 e. The molecule has 0 bridgehead atoms. The van der Waals surface area contributed by atoms with E-state index in [4.69, 9.17) is 15.5 Å². The third kappa shape index (κ3) is 3.32. The number of fused-ring (bicyclic) bond motifs is 1. The van der Waals surface area contributed by atoms with Crippen molar-refractivity contribution >= 4 is 11.5 Å². The summed E-state index contributed by atoms with van der Waals surface area (Å²) in [4.78, 5) is 15.6. The Labute approximate surface area is 152 Å². The number of nitrogens with two attached hydrogens (primary N) is 1. The van der Waals surface area contributed by atoms with Crippen molar-refractivity contribution in [2.24, 2.45) is 0 Å². The molecule has 1 atom stereocenters. The second-order valence-corrected chi connectivity index (χ2v) is 6.81. The second-order valence-electron chi connectivity index (χ2n) is 6.81. The first-order chi connectivity index (χ1) is 12.6. The number of rotatable bonds is 4. The molecule has 0 radical (unpaired) electrons. The van der Waals surface area contributed by atoms with Crippen LogP contribution >= 0.6 is 0 Å². The van der Waals surface area contributed by atoms with E-state index in [2.05, 4.69) is 20.0 Å². The molecular formula is C18H23N7O. The number of hydrogen-bond acceptors (Lipinski definition) is 7. The Kier molecular flexibility index (Phi) is 4.42. The third-order valence-electron chi connectivity index (χ3n) is 4.79. The summed E-state index contributed by atoms with van der Waals surface area (Å²) in [6.07, 6.45) is 5.90. The topological polar surface area (TPSA) is 94.5 Å². The van der Waals surface area contributed by atoms with Gasteiger partial charge in [0.1, 0.15) is 5.82 Å². The van der Waals surface area contributed by atoms with Gasteiger partial charge in [-0.3, -0.25) is 4.90 Å². The van der Waals surface area contributed by atoms with E-state index in [1.165, 1.54) is 0 Å². The van der Waals surface area contributed by atoms with Crippen LogP contribution in [0.25, 0.3) is 5.65 Å². The van der Waals surface area contributed by atoms with Crippen LogP contribution in [0.5, 0.6) is 6.01 Å². The number of hydrogen-bond donors (Lipinski definition) is 1. The van der Waals surface area contributed by atoms with Crippen LogP contribution in [0.15, 0.2) is 24.5 Å². The van der Waals surface area contributed by atoms with Crippen molar-refractivity contribution in [2.75, 3.05) is 25.9 Å². The van der Waals surface area contributed by atoms with Crippen LogP contribution in [0.1, 0.15) is 35.7 Å². The van der Waals surface area contributed by atoms with Crippen molar-refractivity contribution in [3.05, 3.63) is 41.5 Å². The average molecular weight is 353 g/mol. The molecule has 8 heteroatoms. The summed E-state index contributed by atoms with van der Waals surface area (Å²) in [5.41, 5.74) is 10.1. The van der Waals surface area contributed by atoms with Crippen molar-refractivity contribution in [2.45, 2.75) is 32.2 Å². The molecule has 3 aromatic heterocycles. The zero-order valence-electron chi connectivity index (χ0n) is 15.1. The van der Waals surface area contributed by atoms with Crippen LogP contribution in [-0.4, -0.2) is 49.7 Å². The summed E-state index contributed by atoms with van der Waals surface area (Å²) in [6, 6.07) is 4.33. The van der Waals surface area contributed by atoms with Gasteiger partial charge in [0.15, 0.2) is 5.65 Å². The first kappa shape index (κ1) is 16.7.